The second-order valence-electron chi connectivity index (χ2n) is 5.19. The van der Waals surface area contributed by atoms with Gasteiger partial charge in [-0.2, -0.15) is 0 Å². The number of pyridine rings is 1. The molecule has 3 aromatic rings. The van der Waals surface area contributed by atoms with Gasteiger partial charge in [-0.15, -0.1) is 0 Å². The van der Waals surface area contributed by atoms with Gasteiger partial charge < -0.3 is 15.6 Å². The highest BCUT2D eigenvalue weighted by molar-refractivity contribution is 7.80. The van der Waals surface area contributed by atoms with E-state index >= 15 is 0 Å². The Morgan fingerprint density at radius 3 is 2.86 bits per heavy atom. The molecule has 0 saturated heterocycles. The zero-order chi connectivity index (χ0) is 14.9. The molecule has 0 spiro atoms. The standard InChI is InChI=1S/C17H14N4S/c22-17-20-15(11-4-3-7-18-9-11)8-16(21-17)13-10-19-14-6-2-1-5-12(13)14/h1-10,16,19H,(H2,20,21,22). The van der Waals surface area contributed by atoms with E-state index in [9.17, 15) is 0 Å². The molecular weight excluding hydrogens is 292 g/mol. The normalized spacial score (nSPS) is 17.7. The summed E-state index contributed by atoms with van der Waals surface area (Å²) in [5.41, 5.74) is 4.31. The average Bonchev–Trinajstić information content (AvgIpc) is 2.99. The van der Waals surface area contributed by atoms with Crippen molar-refractivity contribution in [2.75, 3.05) is 0 Å². The smallest absolute Gasteiger partial charge is 0.171 e. The third kappa shape index (κ3) is 2.25. The monoisotopic (exact) mass is 306 g/mol. The fraction of sp³-hybridized carbons (Fsp3) is 0.0588. The summed E-state index contributed by atoms with van der Waals surface area (Å²) in [6.45, 7) is 0. The number of thiocarbonyl (C=S) groups is 1. The van der Waals surface area contributed by atoms with E-state index in [0.717, 1.165) is 16.8 Å². The molecule has 0 fully saturated rings. The molecule has 3 N–H and O–H groups in total. The molecule has 1 aliphatic rings. The van der Waals surface area contributed by atoms with Gasteiger partial charge in [-0.3, -0.25) is 4.98 Å². The van der Waals surface area contributed by atoms with Crippen molar-refractivity contribution in [3.05, 3.63) is 72.2 Å². The first-order valence-electron chi connectivity index (χ1n) is 7.07. The molecule has 22 heavy (non-hydrogen) atoms. The Hall–Kier alpha value is -2.66. The first-order valence-corrected chi connectivity index (χ1v) is 7.48. The lowest BCUT2D eigenvalue weighted by atomic mass is 10.0. The third-order valence-corrected chi connectivity index (χ3v) is 4.02. The van der Waals surface area contributed by atoms with Crippen molar-refractivity contribution >= 4 is 33.9 Å². The number of rotatable bonds is 2. The maximum atomic E-state index is 5.36. The zero-order valence-electron chi connectivity index (χ0n) is 11.7. The fourth-order valence-corrected chi connectivity index (χ4v) is 3.00. The van der Waals surface area contributed by atoms with Gasteiger partial charge in [-0.25, -0.2) is 0 Å². The van der Waals surface area contributed by atoms with Crippen LogP contribution in [0.4, 0.5) is 0 Å². The number of fused-ring (bicyclic) bond motifs is 1. The SMILES string of the molecule is S=C1NC(c2cccnc2)=CC(c2c[nH]c3ccccc23)N1. The van der Waals surface area contributed by atoms with Crippen LogP contribution in [0.25, 0.3) is 16.6 Å². The van der Waals surface area contributed by atoms with E-state index in [1.807, 2.05) is 36.7 Å². The van der Waals surface area contributed by atoms with Crippen molar-refractivity contribution < 1.29 is 0 Å². The molecule has 1 aliphatic heterocycles. The molecule has 2 aromatic heterocycles. The topological polar surface area (TPSA) is 52.7 Å². The number of aromatic amines is 1. The maximum Gasteiger partial charge on any atom is 0.171 e. The Morgan fingerprint density at radius 1 is 1.09 bits per heavy atom. The van der Waals surface area contributed by atoms with Gasteiger partial charge in [0.15, 0.2) is 5.11 Å². The van der Waals surface area contributed by atoms with Crippen molar-refractivity contribution in [2.24, 2.45) is 0 Å². The molecule has 0 amide bonds. The second-order valence-corrected chi connectivity index (χ2v) is 5.60. The van der Waals surface area contributed by atoms with Gasteiger partial charge in [0.2, 0.25) is 0 Å². The van der Waals surface area contributed by atoms with E-state index in [2.05, 4.69) is 38.8 Å². The van der Waals surface area contributed by atoms with Crippen LogP contribution in [0.1, 0.15) is 17.2 Å². The van der Waals surface area contributed by atoms with Gasteiger partial charge in [0.05, 0.1) is 6.04 Å². The van der Waals surface area contributed by atoms with E-state index in [-0.39, 0.29) is 6.04 Å². The Bertz CT molecular complexity index is 867. The van der Waals surface area contributed by atoms with Crippen LogP contribution in [0.15, 0.2) is 61.1 Å². The van der Waals surface area contributed by atoms with Gasteiger partial charge in [0, 0.05) is 46.3 Å². The zero-order valence-corrected chi connectivity index (χ0v) is 12.5. The lowest BCUT2D eigenvalue weighted by molar-refractivity contribution is 0.771. The number of para-hydroxylation sites is 1. The lowest BCUT2D eigenvalue weighted by Crippen LogP contribution is -2.40. The van der Waals surface area contributed by atoms with Crippen LogP contribution >= 0.6 is 12.2 Å². The summed E-state index contributed by atoms with van der Waals surface area (Å²) in [6.07, 6.45) is 7.77. The third-order valence-electron chi connectivity index (χ3n) is 3.80. The minimum atomic E-state index is 0.0279. The Kier molecular flexibility index (Phi) is 3.12. The van der Waals surface area contributed by atoms with Crippen molar-refractivity contribution in [2.45, 2.75) is 6.04 Å². The molecule has 5 heteroatoms. The molecule has 1 atom stereocenters. The number of benzene rings is 1. The van der Waals surface area contributed by atoms with Crippen LogP contribution in [-0.4, -0.2) is 15.1 Å². The number of nitrogens with zero attached hydrogens (tertiary/aromatic N) is 1. The van der Waals surface area contributed by atoms with Gasteiger partial charge in [0.1, 0.15) is 0 Å². The molecule has 0 aliphatic carbocycles. The summed E-state index contributed by atoms with van der Waals surface area (Å²) in [5.74, 6) is 0. The summed E-state index contributed by atoms with van der Waals surface area (Å²) in [4.78, 5) is 7.48. The maximum absolute atomic E-state index is 5.36. The second kappa shape index (κ2) is 5.27. The predicted octanol–water partition coefficient (Wildman–Crippen LogP) is 3.12. The molecule has 3 heterocycles. The van der Waals surface area contributed by atoms with E-state index in [1.54, 1.807) is 6.20 Å². The van der Waals surface area contributed by atoms with Crippen molar-refractivity contribution in [3.8, 4) is 0 Å². The summed E-state index contributed by atoms with van der Waals surface area (Å²) in [5, 5.41) is 8.34. The van der Waals surface area contributed by atoms with E-state index < -0.39 is 0 Å². The number of hydrogen-bond donors (Lipinski definition) is 3. The number of aromatic nitrogens is 2. The molecule has 0 radical (unpaired) electrons. The van der Waals surface area contributed by atoms with E-state index in [1.165, 1.54) is 10.9 Å². The Balaban J connectivity index is 1.79. The first kappa shape index (κ1) is 13.0. The lowest BCUT2D eigenvalue weighted by Gasteiger charge is -2.25. The van der Waals surface area contributed by atoms with Crippen molar-refractivity contribution in [1.82, 2.24) is 20.6 Å². The predicted molar refractivity (Wildman–Crippen MR) is 92.1 cm³/mol. The number of hydrogen-bond acceptors (Lipinski definition) is 2. The Labute approximate surface area is 133 Å². The minimum absolute atomic E-state index is 0.0279. The van der Waals surface area contributed by atoms with E-state index in [4.69, 9.17) is 12.2 Å². The molecule has 4 rings (SSSR count). The molecule has 1 unspecified atom stereocenters. The number of nitrogens with one attached hydrogen (secondary N) is 3. The summed E-state index contributed by atoms with van der Waals surface area (Å²) in [7, 11) is 0. The number of H-pyrrole nitrogens is 1. The van der Waals surface area contributed by atoms with Crippen LogP contribution in [0.3, 0.4) is 0 Å². The molecular formula is C17H14N4S. The Morgan fingerprint density at radius 2 is 2.00 bits per heavy atom. The molecule has 108 valence electrons. The van der Waals surface area contributed by atoms with Crippen LogP contribution in [0.2, 0.25) is 0 Å². The van der Waals surface area contributed by atoms with Crippen molar-refractivity contribution in [1.29, 1.82) is 0 Å². The summed E-state index contributed by atoms with van der Waals surface area (Å²) >= 11 is 5.36. The molecule has 0 saturated carbocycles. The highest BCUT2D eigenvalue weighted by Crippen LogP contribution is 2.28. The highest BCUT2D eigenvalue weighted by atomic mass is 32.1. The van der Waals surface area contributed by atoms with Crippen LogP contribution in [0.5, 0.6) is 0 Å². The summed E-state index contributed by atoms with van der Waals surface area (Å²) in [6, 6.07) is 12.2. The first-order chi connectivity index (χ1) is 10.8. The van der Waals surface area contributed by atoms with E-state index in [0.29, 0.717) is 5.11 Å². The van der Waals surface area contributed by atoms with Gasteiger partial charge in [0.25, 0.3) is 0 Å². The summed E-state index contributed by atoms with van der Waals surface area (Å²) < 4.78 is 0. The highest BCUT2D eigenvalue weighted by Gasteiger charge is 2.20. The van der Waals surface area contributed by atoms with Crippen LogP contribution in [-0.2, 0) is 0 Å². The van der Waals surface area contributed by atoms with Crippen LogP contribution < -0.4 is 10.6 Å². The van der Waals surface area contributed by atoms with Gasteiger partial charge >= 0.3 is 0 Å². The van der Waals surface area contributed by atoms with Gasteiger partial charge in [-0.05, 0) is 36.5 Å². The molecule has 0 bridgehead atoms. The van der Waals surface area contributed by atoms with Gasteiger partial charge in [-0.1, -0.05) is 18.2 Å². The van der Waals surface area contributed by atoms with Crippen LogP contribution in [0, 0.1) is 0 Å². The largest absolute Gasteiger partial charge is 0.361 e. The molecule has 4 nitrogen and oxygen atoms in total. The van der Waals surface area contributed by atoms with Crippen molar-refractivity contribution in [3.63, 3.8) is 0 Å². The molecule has 1 aromatic carbocycles. The minimum Gasteiger partial charge on any atom is -0.361 e. The quantitative estimate of drug-likeness (QED) is 0.637. The fourth-order valence-electron chi connectivity index (χ4n) is 2.76. The average molecular weight is 306 g/mol.